The number of methoxy groups -OCH3 is 1. The molecule has 1 N–H and O–H groups in total. The Bertz CT molecular complexity index is 1370. The maximum atomic E-state index is 13.4. The number of carbonyl (C=O) groups excluding carboxylic acids is 1. The average Bonchev–Trinajstić information content (AvgIpc) is 3.26. The Morgan fingerprint density at radius 2 is 1.88 bits per heavy atom. The van der Waals surface area contributed by atoms with E-state index >= 15 is 0 Å². The van der Waals surface area contributed by atoms with Gasteiger partial charge in [-0.3, -0.25) is 4.79 Å². The summed E-state index contributed by atoms with van der Waals surface area (Å²) in [4.78, 5) is 12.8. The minimum absolute atomic E-state index is 0.284. The fourth-order valence-corrected chi connectivity index (χ4v) is 3.98. The van der Waals surface area contributed by atoms with E-state index in [2.05, 4.69) is 5.32 Å². The monoisotopic (exact) mass is 459 g/mol. The van der Waals surface area contributed by atoms with Crippen LogP contribution in [0.25, 0.3) is 27.7 Å². The molecule has 174 valence electrons. The first-order valence-electron chi connectivity index (χ1n) is 11.0. The van der Waals surface area contributed by atoms with E-state index in [9.17, 15) is 9.18 Å². The SMILES string of the molecule is CCOc1c(/C(C)=C/C(=O)Nc2ccccc2OC)cc2c(-c3ccc(F)cc3)coc2c1C. The van der Waals surface area contributed by atoms with Gasteiger partial charge >= 0.3 is 0 Å². The number of aryl methyl sites for hydroxylation is 1. The number of halogens is 1. The van der Waals surface area contributed by atoms with Gasteiger partial charge in [0.15, 0.2) is 0 Å². The summed E-state index contributed by atoms with van der Waals surface area (Å²) in [5.41, 5.74) is 5.31. The van der Waals surface area contributed by atoms with Gasteiger partial charge in [-0.15, -0.1) is 0 Å². The summed E-state index contributed by atoms with van der Waals surface area (Å²) in [7, 11) is 1.56. The quantitative estimate of drug-likeness (QED) is 0.302. The van der Waals surface area contributed by atoms with Gasteiger partial charge in [-0.1, -0.05) is 24.3 Å². The molecular formula is C28H26FNO4. The maximum Gasteiger partial charge on any atom is 0.248 e. The number of ether oxygens (including phenoxy) is 2. The number of para-hydroxylation sites is 2. The number of allylic oxidation sites excluding steroid dienone is 1. The van der Waals surface area contributed by atoms with Gasteiger partial charge in [0.1, 0.15) is 22.9 Å². The first-order valence-corrected chi connectivity index (χ1v) is 11.0. The normalized spacial score (nSPS) is 11.5. The molecule has 1 heterocycles. The fraction of sp³-hybridized carbons (Fsp3) is 0.179. The van der Waals surface area contributed by atoms with Crippen LogP contribution >= 0.6 is 0 Å². The van der Waals surface area contributed by atoms with E-state index in [0.717, 1.165) is 33.2 Å². The minimum Gasteiger partial charge on any atom is -0.495 e. The van der Waals surface area contributed by atoms with E-state index < -0.39 is 0 Å². The molecule has 1 aromatic heterocycles. The third-order valence-electron chi connectivity index (χ3n) is 5.63. The van der Waals surface area contributed by atoms with Gasteiger partial charge in [-0.2, -0.15) is 0 Å². The van der Waals surface area contributed by atoms with Gasteiger partial charge in [0, 0.05) is 28.2 Å². The van der Waals surface area contributed by atoms with Crippen molar-refractivity contribution in [3.05, 3.63) is 83.9 Å². The van der Waals surface area contributed by atoms with Crippen molar-refractivity contribution in [2.24, 2.45) is 0 Å². The summed E-state index contributed by atoms with van der Waals surface area (Å²) in [5, 5.41) is 3.73. The van der Waals surface area contributed by atoms with Crippen molar-refractivity contribution >= 4 is 28.1 Å². The molecule has 0 atom stereocenters. The molecule has 0 saturated heterocycles. The molecule has 0 bridgehead atoms. The molecule has 0 unspecified atom stereocenters. The molecule has 0 spiro atoms. The van der Waals surface area contributed by atoms with Crippen molar-refractivity contribution in [1.82, 2.24) is 0 Å². The summed E-state index contributed by atoms with van der Waals surface area (Å²) >= 11 is 0. The second-order valence-corrected chi connectivity index (χ2v) is 7.86. The summed E-state index contributed by atoms with van der Waals surface area (Å²) in [6.07, 6.45) is 3.20. The van der Waals surface area contributed by atoms with Crippen molar-refractivity contribution in [3.8, 4) is 22.6 Å². The molecule has 0 radical (unpaired) electrons. The van der Waals surface area contributed by atoms with Gasteiger partial charge in [-0.05, 0) is 62.2 Å². The Balaban J connectivity index is 1.77. The van der Waals surface area contributed by atoms with Crippen LogP contribution in [0.3, 0.4) is 0 Å². The number of hydrogen-bond donors (Lipinski definition) is 1. The van der Waals surface area contributed by atoms with Gasteiger partial charge in [0.25, 0.3) is 0 Å². The summed E-state index contributed by atoms with van der Waals surface area (Å²) < 4.78 is 30.6. The Hall–Kier alpha value is -4.06. The highest BCUT2D eigenvalue weighted by molar-refractivity contribution is 6.06. The van der Waals surface area contributed by atoms with Gasteiger partial charge in [-0.25, -0.2) is 4.39 Å². The molecule has 0 aliphatic heterocycles. The topological polar surface area (TPSA) is 60.7 Å². The fourth-order valence-electron chi connectivity index (χ4n) is 3.98. The predicted molar refractivity (Wildman–Crippen MR) is 133 cm³/mol. The van der Waals surface area contributed by atoms with Crippen LogP contribution in [0.15, 0.2) is 71.4 Å². The minimum atomic E-state index is -0.299. The van der Waals surface area contributed by atoms with Crippen LogP contribution in [0.5, 0.6) is 11.5 Å². The van der Waals surface area contributed by atoms with Crippen LogP contribution in [-0.2, 0) is 4.79 Å². The van der Waals surface area contributed by atoms with E-state index in [4.69, 9.17) is 13.9 Å². The van der Waals surface area contributed by atoms with Gasteiger partial charge in [0.05, 0.1) is 25.7 Å². The number of benzene rings is 3. The van der Waals surface area contributed by atoms with E-state index in [1.807, 2.05) is 39.0 Å². The average molecular weight is 460 g/mol. The number of furan rings is 1. The first kappa shape index (κ1) is 23.1. The van der Waals surface area contributed by atoms with Crippen LogP contribution in [0.2, 0.25) is 0 Å². The molecule has 0 aliphatic rings. The molecule has 0 aliphatic carbocycles. The molecule has 4 aromatic rings. The molecule has 1 amide bonds. The predicted octanol–water partition coefficient (Wildman–Crippen LogP) is 7.00. The molecule has 5 nitrogen and oxygen atoms in total. The third kappa shape index (κ3) is 4.53. The first-order chi connectivity index (χ1) is 16.4. The number of hydrogen-bond acceptors (Lipinski definition) is 4. The molecular weight excluding hydrogens is 433 g/mol. The maximum absolute atomic E-state index is 13.4. The van der Waals surface area contributed by atoms with E-state index in [1.165, 1.54) is 18.2 Å². The third-order valence-corrected chi connectivity index (χ3v) is 5.63. The van der Waals surface area contributed by atoms with Gasteiger partial charge < -0.3 is 19.2 Å². The number of amides is 1. The zero-order valence-corrected chi connectivity index (χ0v) is 19.6. The van der Waals surface area contributed by atoms with Crippen molar-refractivity contribution in [2.45, 2.75) is 20.8 Å². The second kappa shape index (κ2) is 9.83. The van der Waals surface area contributed by atoms with Crippen molar-refractivity contribution in [1.29, 1.82) is 0 Å². The number of carbonyl (C=O) groups is 1. The highest BCUT2D eigenvalue weighted by Crippen LogP contribution is 2.40. The standard InChI is InChI=1S/C28H26FNO4/c1-5-33-27-18(3)28-22(23(16-34-28)19-10-12-20(29)13-11-19)15-21(27)17(2)14-26(31)30-24-8-6-7-9-25(24)32-4/h6-16H,5H2,1-4H3,(H,30,31)/b17-14+. The van der Waals surface area contributed by atoms with Crippen molar-refractivity contribution in [3.63, 3.8) is 0 Å². The zero-order chi connectivity index (χ0) is 24.2. The van der Waals surface area contributed by atoms with Gasteiger partial charge in [0.2, 0.25) is 5.91 Å². The summed E-state index contributed by atoms with van der Waals surface area (Å²) in [6.45, 7) is 6.16. The molecule has 0 saturated carbocycles. The Kier molecular flexibility index (Phi) is 6.68. The number of rotatable bonds is 7. The van der Waals surface area contributed by atoms with Crippen molar-refractivity contribution < 1.29 is 23.1 Å². The van der Waals surface area contributed by atoms with Crippen molar-refractivity contribution in [2.75, 3.05) is 19.0 Å². The smallest absolute Gasteiger partial charge is 0.248 e. The Morgan fingerprint density at radius 3 is 2.59 bits per heavy atom. The summed E-state index contributed by atoms with van der Waals surface area (Å²) in [6, 6.07) is 15.5. The molecule has 0 fully saturated rings. The lowest BCUT2D eigenvalue weighted by atomic mass is 9.96. The van der Waals surface area contributed by atoms with Crippen LogP contribution in [-0.4, -0.2) is 19.6 Å². The lowest BCUT2D eigenvalue weighted by Gasteiger charge is -2.15. The number of fused-ring (bicyclic) bond motifs is 1. The Labute approximate surface area is 197 Å². The van der Waals surface area contributed by atoms with E-state index in [1.54, 1.807) is 37.6 Å². The highest BCUT2D eigenvalue weighted by Gasteiger charge is 2.19. The highest BCUT2D eigenvalue weighted by atomic mass is 19.1. The number of anilines is 1. The lowest BCUT2D eigenvalue weighted by Crippen LogP contribution is -2.10. The van der Waals surface area contributed by atoms with Crippen LogP contribution < -0.4 is 14.8 Å². The van der Waals surface area contributed by atoms with Crippen LogP contribution in [0.4, 0.5) is 10.1 Å². The van der Waals surface area contributed by atoms with Crippen LogP contribution in [0, 0.1) is 12.7 Å². The van der Waals surface area contributed by atoms with E-state index in [0.29, 0.717) is 29.4 Å². The molecule has 4 rings (SSSR count). The lowest BCUT2D eigenvalue weighted by molar-refractivity contribution is -0.111. The second-order valence-electron chi connectivity index (χ2n) is 7.86. The molecule has 34 heavy (non-hydrogen) atoms. The van der Waals surface area contributed by atoms with E-state index in [-0.39, 0.29) is 11.7 Å². The molecule has 3 aromatic carbocycles. The summed E-state index contributed by atoms with van der Waals surface area (Å²) in [5.74, 6) is 0.658. The zero-order valence-electron chi connectivity index (χ0n) is 19.6. The van der Waals surface area contributed by atoms with Crippen LogP contribution in [0.1, 0.15) is 25.0 Å². The molecule has 6 heteroatoms. The largest absolute Gasteiger partial charge is 0.495 e. The number of nitrogens with one attached hydrogen (secondary N) is 1. The Morgan fingerprint density at radius 1 is 1.15 bits per heavy atom.